The molecule has 40 heavy (non-hydrogen) atoms. The van der Waals surface area contributed by atoms with Gasteiger partial charge in [0.2, 0.25) is 5.95 Å². The van der Waals surface area contributed by atoms with E-state index >= 15 is 0 Å². The third-order valence-corrected chi connectivity index (χ3v) is 7.34. The summed E-state index contributed by atoms with van der Waals surface area (Å²) in [5.74, 6) is -0.584. The van der Waals surface area contributed by atoms with Gasteiger partial charge in [-0.25, -0.2) is 9.55 Å². The first-order chi connectivity index (χ1) is 19.0. The molecule has 1 aliphatic rings. The number of hydrogen-bond acceptors (Lipinski definition) is 13. The molecule has 0 amide bonds. The maximum atomic E-state index is 13.8. The summed E-state index contributed by atoms with van der Waals surface area (Å²) in [7, 11) is -4.26. The molecule has 3 heterocycles. The van der Waals surface area contributed by atoms with Crippen molar-refractivity contribution in [2.75, 3.05) is 18.1 Å². The molecular weight excluding hydrogens is 547 g/mol. The fourth-order valence-corrected chi connectivity index (χ4v) is 5.43. The summed E-state index contributed by atoms with van der Waals surface area (Å²) in [6.07, 6.45) is -2.77. The smallest absolute Gasteiger partial charge is 0.459 e. The molecule has 1 fully saturated rings. The van der Waals surface area contributed by atoms with Crippen molar-refractivity contribution in [3.8, 4) is 5.75 Å². The van der Waals surface area contributed by atoms with Gasteiger partial charge < -0.3 is 30.6 Å². The molecule has 0 bridgehead atoms. The number of imidazole rings is 1. The first kappa shape index (κ1) is 29.0. The van der Waals surface area contributed by atoms with Crippen LogP contribution < -0.4 is 21.1 Å². The van der Waals surface area contributed by atoms with Gasteiger partial charge in [-0.1, -0.05) is 23.3 Å². The van der Waals surface area contributed by atoms with Crippen LogP contribution in [0.25, 0.3) is 21.6 Å². The van der Waals surface area contributed by atoms with Gasteiger partial charge in [-0.05, 0) is 38.4 Å². The number of para-hydroxylation sites is 1. The van der Waals surface area contributed by atoms with Crippen LogP contribution in [0.4, 0.5) is 11.8 Å². The molecule has 0 saturated carbocycles. The predicted molar refractivity (Wildman–Crippen MR) is 141 cm³/mol. The Morgan fingerprint density at radius 3 is 2.70 bits per heavy atom. The minimum atomic E-state index is -4.26. The van der Waals surface area contributed by atoms with Crippen LogP contribution in [0, 0.1) is 0 Å². The number of benzene rings is 1. The molecule has 6 atom stereocenters. The number of rotatable bonds is 11. The number of aliphatic hydroxyl groups excluding tert-OH is 1. The van der Waals surface area contributed by atoms with E-state index in [1.807, 2.05) is 0 Å². The lowest BCUT2D eigenvalue weighted by atomic mass is 10.1. The molecular formula is C22H29N10O7P. The van der Waals surface area contributed by atoms with Crippen molar-refractivity contribution < 1.29 is 33.0 Å². The summed E-state index contributed by atoms with van der Waals surface area (Å²) < 4.78 is 37.5. The van der Waals surface area contributed by atoms with E-state index in [1.54, 1.807) is 44.2 Å². The molecule has 2 aromatic heterocycles. The number of aromatic nitrogens is 4. The number of anilines is 2. The largest absolute Gasteiger partial charge is 0.462 e. The second-order valence-electron chi connectivity index (χ2n) is 9.08. The van der Waals surface area contributed by atoms with Crippen molar-refractivity contribution in [2.24, 2.45) is 5.11 Å². The topological polar surface area (TPSA) is 248 Å². The number of esters is 1. The predicted octanol–water partition coefficient (Wildman–Crippen LogP) is 2.06. The van der Waals surface area contributed by atoms with Gasteiger partial charge in [-0.15, -0.1) is 0 Å². The Labute approximate surface area is 228 Å². The highest BCUT2D eigenvalue weighted by Gasteiger charge is 2.46. The van der Waals surface area contributed by atoms with E-state index in [0.29, 0.717) is 0 Å². The average molecular weight is 577 g/mol. The Morgan fingerprint density at radius 2 is 2.02 bits per heavy atom. The van der Waals surface area contributed by atoms with Gasteiger partial charge in [-0.2, -0.15) is 15.1 Å². The number of fused-ring (bicyclic) bond motifs is 1. The second-order valence-corrected chi connectivity index (χ2v) is 10.8. The van der Waals surface area contributed by atoms with Crippen molar-refractivity contribution in [1.82, 2.24) is 24.6 Å². The molecule has 1 aliphatic heterocycles. The molecule has 3 aromatic rings. The van der Waals surface area contributed by atoms with Crippen LogP contribution in [0.2, 0.25) is 0 Å². The monoisotopic (exact) mass is 576 g/mol. The van der Waals surface area contributed by atoms with Gasteiger partial charge >= 0.3 is 13.7 Å². The normalized spacial score (nSPS) is 22.9. The van der Waals surface area contributed by atoms with E-state index < -0.39 is 56.9 Å². The summed E-state index contributed by atoms with van der Waals surface area (Å²) >= 11 is 0. The van der Waals surface area contributed by atoms with Crippen molar-refractivity contribution in [1.29, 1.82) is 0 Å². The molecule has 4 rings (SSSR count). The van der Waals surface area contributed by atoms with Gasteiger partial charge in [0.25, 0.3) is 0 Å². The minimum absolute atomic E-state index is 0.0233. The molecule has 214 valence electrons. The van der Waals surface area contributed by atoms with E-state index in [-0.39, 0.29) is 28.7 Å². The Morgan fingerprint density at radius 1 is 1.30 bits per heavy atom. The molecule has 0 unspecified atom stereocenters. The number of carbonyl (C=O) groups is 1. The Balaban J connectivity index is 1.57. The summed E-state index contributed by atoms with van der Waals surface area (Å²) in [4.78, 5) is 27.3. The molecule has 17 nitrogen and oxygen atoms in total. The quantitative estimate of drug-likeness (QED) is 0.0840. The highest BCUT2D eigenvalue weighted by molar-refractivity contribution is 7.52. The highest BCUT2D eigenvalue weighted by Crippen LogP contribution is 2.46. The van der Waals surface area contributed by atoms with Crippen molar-refractivity contribution in [3.63, 3.8) is 0 Å². The number of aliphatic hydroxyl groups is 1. The van der Waals surface area contributed by atoms with Crippen LogP contribution in [0.5, 0.6) is 5.75 Å². The van der Waals surface area contributed by atoms with E-state index in [1.165, 1.54) is 17.8 Å². The van der Waals surface area contributed by atoms with Gasteiger partial charge in [0.1, 0.15) is 35.7 Å². The third kappa shape index (κ3) is 6.42. The fourth-order valence-electron chi connectivity index (χ4n) is 3.93. The summed E-state index contributed by atoms with van der Waals surface area (Å²) in [5.41, 5.74) is 21.1. The fraction of sp³-hybridized carbons (Fsp3) is 0.455. The Bertz CT molecular complexity index is 1450. The molecule has 1 saturated heterocycles. The third-order valence-electron chi connectivity index (χ3n) is 5.70. The number of nitrogens with zero attached hydrogens (tertiary/aromatic N) is 7. The lowest BCUT2D eigenvalue weighted by Gasteiger charge is -2.25. The molecule has 0 radical (unpaired) electrons. The maximum Gasteiger partial charge on any atom is 0.459 e. The number of nitrogen functional groups attached to an aromatic ring is 2. The maximum absolute atomic E-state index is 13.8. The van der Waals surface area contributed by atoms with Crippen LogP contribution in [-0.4, -0.2) is 67.6 Å². The van der Waals surface area contributed by atoms with Crippen LogP contribution in [-0.2, 0) is 23.4 Å². The number of nitrogens with two attached hydrogens (primary N) is 2. The van der Waals surface area contributed by atoms with E-state index in [9.17, 15) is 14.5 Å². The molecule has 18 heteroatoms. The molecule has 1 aromatic carbocycles. The average Bonchev–Trinajstić information content (AvgIpc) is 3.44. The minimum Gasteiger partial charge on any atom is -0.462 e. The van der Waals surface area contributed by atoms with Crippen LogP contribution in [0.1, 0.15) is 27.0 Å². The SMILES string of the molecule is CC(C)OC(=O)[C@@H](C)N[P@@](=O)(OC[C@H]1O[C@@H](n2cnc3c(N)nc(N)nc32)[C@H](N=[N+]=[N-])[C@@H]1O)Oc1ccccc1. The number of hydrogen-bond donors (Lipinski definition) is 4. The highest BCUT2D eigenvalue weighted by atomic mass is 31.2. The first-order valence-electron chi connectivity index (χ1n) is 12.1. The first-order valence-corrected chi connectivity index (χ1v) is 13.7. The van der Waals surface area contributed by atoms with E-state index in [2.05, 4.69) is 30.1 Å². The Hall–Kier alpha value is -3.98. The van der Waals surface area contributed by atoms with Crippen molar-refractivity contribution in [2.45, 2.75) is 57.4 Å². The second kappa shape index (κ2) is 12.0. The Kier molecular flexibility index (Phi) is 8.73. The summed E-state index contributed by atoms with van der Waals surface area (Å²) in [5, 5.41) is 17.2. The van der Waals surface area contributed by atoms with Gasteiger partial charge in [0, 0.05) is 4.91 Å². The molecule has 0 spiro atoms. The van der Waals surface area contributed by atoms with Gasteiger partial charge in [0.15, 0.2) is 11.5 Å². The lowest BCUT2D eigenvalue weighted by Crippen LogP contribution is -2.37. The number of carbonyl (C=O) groups excluding carboxylic acids is 1. The van der Waals surface area contributed by atoms with Crippen molar-refractivity contribution >= 4 is 36.6 Å². The molecule has 0 aliphatic carbocycles. The van der Waals surface area contributed by atoms with Crippen LogP contribution in [0.15, 0.2) is 41.8 Å². The van der Waals surface area contributed by atoms with Gasteiger partial charge in [-0.3, -0.25) is 13.9 Å². The lowest BCUT2D eigenvalue weighted by molar-refractivity contribution is -0.149. The summed E-state index contributed by atoms with van der Waals surface area (Å²) in [6, 6.07) is 5.90. The van der Waals surface area contributed by atoms with E-state index in [0.717, 1.165) is 0 Å². The van der Waals surface area contributed by atoms with Crippen LogP contribution >= 0.6 is 7.75 Å². The zero-order chi connectivity index (χ0) is 29.0. The van der Waals surface area contributed by atoms with Crippen LogP contribution in [0.3, 0.4) is 0 Å². The molecule has 6 N–H and O–H groups in total. The van der Waals surface area contributed by atoms with Gasteiger partial charge in [0.05, 0.1) is 25.1 Å². The standard InChI is InChI=1S/C22H29N10O7P/c1-11(2)37-21(34)12(3)30-40(35,39-13-7-5-4-6-8-13)36-9-14-17(33)15(29-31-25)20(38-14)32-10-26-16-18(23)27-22(24)28-19(16)32/h4-8,10-12,14-15,17,20,33H,9H2,1-3H3,(H,30,35)(H4,23,24,27,28)/t12-,14-,15-,17-,20-,40-/m1/s1. The van der Waals surface area contributed by atoms with Crippen molar-refractivity contribution in [3.05, 3.63) is 47.1 Å². The zero-order valence-electron chi connectivity index (χ0n) is 21.8. The number of ether oxygens (including phenoxy) is 2. The van der Waals surface area contributed by atoms with E-state index in [4.69, 9.17) is 35.5 Å². The number of nitrogens with one attached hydrogen (secondary N) is 1. The number of azide groups is 1. The summed E-state index contributed by atoms with van der Waals surface area (Å²) in [6.45, 7) is 4.29. The zero-order valence-corrected chi connectivity index (χ0v) is 22.7.